The molecule has 1 aromatic heterocycles. The van der Waals surface area contributed by atoms with E-state index in [1.807, 2.05) is 6.07 Å². The molecule has 4 fully saturated rings. The molecule has 0 aromatic carbocycles. The lowest BCUT2D eigenvalue weighted by molar-refractivity contribution is -0.301. The summed E-state index contributed by atoms with van der Waals surface area (Å²) in [5.41, 5.74) is 0.991. The molecule has 2 heterocycles. The van der Waals surface area contributed by atoms with Crippen LogP contribution in [0.2, 0.25) is 0 Å². The van der Waals surface area contributed by atoms with Crippen molar-refractivity contribution >= 4 is 0 Å². The van der Waals surface area contributed by atoms with E-state index in [0.717, 1.165) is 56.9 Å². The molecule has 1 saturated heterocycles. The van der Waals surface area contributed by atoms with Crippen LogP contribution in [0.1, 0.15) is 83.6 Å². The van der Waals surface area contributed by atoms with Gasteiger partial charge in [0.15, 0.2) is 6.29 Å². The van der Waals surface area contributed by atoms with E-state index in [-0.39, 0.29) is 34.4 Å². The van der Waals surface area contributed by atoms with Crippen LogP contribution in [0.25, 0.3) is 0 Å². The highest BCUT2D eigenvalue weighted by Gasteiger charge is 2.66. The highest BCUT2D eigenvalue weighted by molar-refractivity contribution is 5.31. The lowest BCUT2D eigenvalue weighted by atomic mass is 9.45. The predicted octanol–water partition coefficient (Wildman–Crippen LogP) is 3.01. The molecule has 0 bridgehead atoms. The third-order valence-electron chi connectivity index (χ3n) is 11.5. The molecule has 1 aliphatic heterocycles. The van der Waals surface area contributed by atoms with E-state index in [1.54, 1.807) is 13.2 Å². The zero-order chi connectivity index (χ0) is 27.0. The highest BCUT2D eigenvalue weighted by atomic mass is 16.7. The van der Waals surface area contributed by atoms with E-state index in [0.29, 0.717) is 5.92 Å². The van der Waals surface area contributed by atoms with Crippen LogP contribution in [0.5, 0.6) is 0 Å². The third-order valence-corrected chi connectivity index (χ3v) is 11.5. The number of hydrogen-bond donors (Lipinski definition) is 4. The summed E-state index contributed by atoms with van der Waals surface area (Å²) in [6, 6.07) is 3.36. The second-order valence-electron chi connectivity index (χ2n) is 13.1. The Balaban J connectivity index is 1.21. The van der Waals surface area contributed by atoms with Crippen molar-refractivity contribution in [2.45, 2.75) is 120 Å². The van der Waals surface area contributed by atoms with E-state index in [4.69, 9.17) is 13.9 Å². The summed E-state index contributed by atoms with van der Waals surface area (Å²) in [7, 11) is 0. The van der Waals surface area contributed by atoms with Crippen LogP contribution in [0.15, 0.2) is 39.3 Å². The molecular formula is C30H42O8. The van der Waals surface area contributed by atoms with Crippen molar-refractivity contribution in [3.05, 3.63) is 46.0 Å². The van der Waals surface area contributed by atoms with Crippen LogP contribution in [-0.2, 0) is 9.47 Å². The fourth-order valence-corrected chi connectivity index (χ4v) is 9.17. The van der Waals surface area contributed by atoms with Gasteiger partial charge in [-0.25, -0.2) is 4.79 Å². The van der Waals surface area contributed by atoms with Gasteiger partial charge in [-0.1, -0.05) is 25.5 Å². The Hall–Kier alpha value is -1.55. The number of allylic oxidation sites excluding steroid dienone is 1. The molecule has 4 N–H and O–H groups in total. The van der Waals surface area contributed by atoms with E-state index in [9.17, 15) is 25.2 Å². The van der Waals surface area contributed by atoms with Gasteiger partial charge in [0.05, 0.1) is 24.1 Å². The molecule has 8 nitrogen and oxygen atoms in total. The van der Waals surface area contributed by atoms with Crippen molar-refractivity contribution < 1.29 is 34.3 Å². The minimum absolute atomic E-state index is 0.0213. The number of rotatable bonds is 3. The summed E-state index contributed by atoms with van der Waals surface area (Å²) in [4.78, 5) is 11.5. The summed E-state index contributed by atoms with van der Waals surface area (Å²) < 4.78 is 17.0. The van der Waals surface area contributed by atoms with E-state index in [1.165, 1.54) is 11.6 Å². The summed E-state index contributed by atoms with van der Waals surface area (Å²) >= 11 is 0. The van der Waals surface area contributed by atoms with Crippen LogP contribution in [0.3, 0.4) is 0 Å². The lowest BCUT2D eigenvalue weighted by Crippen LogP contribution is -2.60. The zero-order valence-electron chi connectivity index (χ0n) is 22.6. The second-order valence-corrected chi connectivity index (χ2v) is 13.1. The molecule has 1 aromatic rings. The van der Waals surface area contributed by atoms with Gasteiger partial charge in [-0.3, -0.25) is 0 Å². The smallest absolute Gasteiger partial charge is 0.335 e. The Morgan fingerprint density at radius 2 is 1.74 bits per heavy atom. The van der Waals surface area contributed by atoms with E-state index >= 15 is 0 Å². The van der Waals surface area contributed by atoms with Gasteiger partial charge in [0.2, 0.25) is 0 Å². The van der Waals surface area contributed by atoms with Gasteiger partial charge in [0, 0.05) is 11.5 Å². The number of fused-ring (bicyclic) bond motifs is 5. The van der Waals surface area contributed by atoms with Gasteiger partial charge in [-0.05, 0) is 93.1 Å². The quantitative estimate of drug-likeness (QED) is 0.439. The van der Waals surface area contributed by atoms with Crippen LogP contribution < -0.4 is 5.63 Å². The van der Waals surface area contributed by atoms with Crippen molar-refractivity contribution in [1.82, 2.24) is 0 Å². The van der Waals surface area contributed by atoms with Gasteiger partial charge in [0.1, 0.15) is 18.3 Å². The standard InChI is InChI=1S/C30H42O8/c1-16-24(32)25(33)26(34)27(37-16)38-19-8-11-28(2)18(14-19)5-6-22-21(28)9-12-29(3)20(10-13-30(22,29)35)17-4-7-23(31)36-15-17/h4,7,14-16,19-22,24-27,32-35H,5-6,8-13H2,1-3H3/t16-,19+,20-,21-,22+,24+,25-,26-,27-,28-,29+,30+/m0/s1. The van der Waals surface area contributed by atoms with Gasteiger partial charge in [-0.15, -0.1) is 0 Å². The first-order valence-electron chi connectivity index (χ1n) is 14.4. The van der Waals surface area contributed by atoms with Crippen molar-refractivity contribution in [3.8, 4) is 0 Å². The van der Waals surface area contributed by atoms with Gasteiger partial charge >= 0.3 is 5.63 Å². The first-order valence-corrected chi connectivity index (χ1v) is 14.4. The molecule has 38 heavy (non-hydrogen) atoms. The predicted molar refractivity (Wildman–Crippen MR) is 138 cm³/mol. The summed E-state index contributed by atoms with van der Waals surface area (Å²) in [5.74, 6) is 0.759. The maximum absolute atomic E-state index is 12.4. The van der Waals surface area contributed by atoms with Gasteiger partial charge in [-0.2, -0.15) is 0 Å². The van der Waals surface area contributed by atoms with Crippen molar-refractivity contribution in [2.24, 2.45) is 22.7 Å². The maximum Gasteiger partial charge on any atom is 0.335 e. The Morgan fingerprint density at radius 1 is 0.947 bits per heavy atom. The topological polar surface area (TPSA) is 130 Å². The average Bonchev–Trinajstić information content (AvgIpc) is 3.18. The summed E-state index contributed by atoms with van der Waals surface area (Å²) in [5, 5.41) is 43.0. The highest BCUT2D eigenvalue weighted by Crippen LogP contribution is 2.70. The first kappa shape index (κ1) is 26.7. The van der Waals surface area contributed by atoms with Gasteiger partial charge in [0.25, 0.3) is 0 Å². The Bertz CT molecular complexity index is 1130. The van der Waals surface area contributed by atoms with E-state index < -0.39 is 36.3 Å². The van der Waals surface area contributed by atoms with Crippen molar-refractivity contribution in [1.29, 1.82) is 0 Å². The number of hydrogen-bond acceptors (Lipinski definition) is 8. The fourth-order valence-electron chi connectivity index (χ4n) is 9.17. The minimum atomic E-state index is -1.31. The molecule has 5 aliphatic rings. The van der Waals surface area contributed by atoms with E-state index in [2.05, 4.69) is 19.9 Å². The first-order chi connectivity index (χ1) is 18.0. The Kier molecular flexibility index (Phi) is 6.49. The molecule has 12 atom stereocenters. The van der Waals surface area contributed by atoms with Crippen molar-refractivity contribution in [2.75, 3.05) is 0 Å². The fraction of sp³-hybridized carbons (Fsp3) is 0.767. The Morgan fingerprint density at radius 3 is 2.47 bits per heavy atom. The molecular weight excluding hydrogens is 488 g/mol. The molecule has 3 saturated carbocycles. The summed E-state index contributed by atoms with van der Waals surface area (Å²) in [6.45, 7) is 6.26. The van der Waals surface area contributed by atoms with Crippen LogP contribution in [0, 0.1) is 22.7 Å². The molecule has 0 amide bonds. The molecule has 6 rings (SSSR count). The monoisotopic (exact) mass is 530 g/mol. The number of ether oxygens (including phenoxy) is 2. The molecule has 0 unspecified atom stereocenters. The van der Waals surface area contributed by atoms with Crippen LogP contribution >= 0.6 is 0 Å². The second kappa shape index (κ2) is 9.25. The zero-order valence-corrected chi connectivity index (χ0v) is 22.6. The molecule has 8 heteroatoms. The van der Waals surface area contributed by atoms with Crippen LogP contribution in [0.4, 0.5) is 0 Å². The SMILES string of the molecule is C[C@@H]1O[C@@H](O[C@H]2C=C3CC[C@@H]4[C@H](CC[C@]5(C)[C@H](c6ccc(=O)oc6)CC[C@@]45O)[C@@]3(C)CC2)[C@@H](O)[C@@H](O)[C@@H]1O. The number of aliphatic hydroxyl groups is 4. The van der Waals surface area contributed by atoms with Gasteiger partial charge < -0.3 is 34.3 Å². The Labute approximate surface area is 223 Å². The van der Waals surface area contributed by atoms with Crippen LogP contribution in [-0.4, -0.2) is 62.8 Å². The van der Waals surface area contributed by atoms with Crippen molar-refractivity contribution in [3.63, 3.8) is 0 Å². The molecule has 4 aliphatic carbocycles. The number of aliphatic hydroxyl groups excluding tert-OH is 3. The molecule has 210 valence electrons. The molecule has 0 radical (unpaired) electrons. The summed E-state index contributed by atoms with van der Waals surface area (Å²) in [6.07, 6.45) is 5.32. The molecule has 0 spiro atoms. The normalized spacial score (nSPS) is 50.5. The lowest BCUT2D eigenvalue weighted by Gasteiger charge is -2.62. The largest absolute Gasteiger partial charge is 0.431 e. The minimum Gasteiger partial charge on any atom is -0.431 e. The maximum atomic E-state index is 12.4. The average molecular weight is 531 g/mol. The third kappa shape index (κ3) is 3.82.